The van der Waals surface area contributed by atoms with Gasteiger partial charge in [0.15, 0.2) is 0 Å². The summed E-state index contributed by atoms with van der Waals surface area (Å²) < 4.78 is 0.859. The van der Waals surface area contributed by atoms with Crippen molar-refractivity contribution in [2.75, 3.05) is 4.90 Å². The van der Waals surface area contributed by atoms with Crippen LogP contribution in [0.2, 0.25) is 5.02 Å². The maximum atomic E-state index is 13.5. The van der Waals surface area contributed by atoms with E-state index in [1.807, 2.05) is 66.7 Å². The largest absolute Gasteiger partial charge is 0.347 e. The van der Waals surface area contributed by atoms with Crippen molar-refractivity contribution in [1.82, 2.24) is 5.32 Å². The Hall–Kier alpha value is -3.05. The molecule has 0 spiro atoms. The first-order valence-electron chi connectivity index (χ1n) is 10.4. The van der Waals surface area contributed by atoms with Gasteiger partial charge in [-0.1, -0.05) is 81.8 Å². The molecule has 1 fully saturated rings. The van der Waals surface area contributed by atoms with Crippen LogP contribution in [0.25, 0.3) is 0 Å². The number of nitrogens with zero attached hydrogens (tertiary/aromatic N) is 2. The smallest absolute Gasteiger partial charge is 0.264 e. The monoisotopic (exact) mass is 551 g/mol. The Balaban J connectivity index is 1.67. The van der Waals surface area contributed by atoms with Gasteiger partial charge in [0.2, 0.25) is 5.91 Å². The predicted octanol–water partition coefficient (Wildman–Crippen LogP) is 5.85. The number of hydrogen-bond donors (Lipinski definition) is 1. The number of rotatable bonds is 6. The number of hydrogen-bond acceptors (Lipinski definition) is 4. The second-order valence-electron chi connectivity index (χ2n) is 7.55. The third-order valence-electron chi connectivity index (χ3n) is 5.20. The molecule has 5 nitrogen and oxygen atoms in total. The first kappa shape index (κ1) is 24.1. The van der Waals surface area contributed by atoms with Gasteiger partial charge in [-0.05, 0) is 53.9 Å². The van der Waals surface area contributed by atoms with E-state index in [9.17, 15) is 14.9 Å². The molecule has 1 atom stereocenters. The summed E-state index contributed by atoms with van der Waals surface area (Å²) in [5.41, 5.74) is 2.32. The van der Waals surface area contributed by atoms with Crippen LogP contribution in [0.15, 0.2) is 93.9 Å². The van der Waals surface area contributed by atoms with Crippen molar-refractivity contribution in [2.45, 2.75) is 18.2 Å². The van der Waals surface area contributed by atoms with Crippen molar-refractivity contribution in [2.24, 2.45) is 0 Å². The summed E-state index contributed by atoms with van der Waals surface area (Å²) in [6.45, 7) is 0.279. The third kappa shape index (κ3) is 5.53. The normalized spacial score (nSPS) is 16.8. The number of halogens is 2. The molecule has 0 saturated carbocycles. The molecule has 1 saturated heterocycles. The summed E-state index contributed by atoms with van der Waals surface area (Å²) in [7, 11) is 0. The zero-order valence-electron chi connectivity index (χ0n) is 17.9. The number of nitrogens with one attached hydrogen (secondary N) is 1. The summed E-state index contributed by atoms with van der Waals surface area (Å²) in [4.78, 5) is 28.0. The second-order valence-corrected chi connectivity index (χ2v) is 10.1. The van der Waals surface area contributed by atoms with E-state index in [1.54, 1.807) is 18.2 Å². The van der Waals surface area contributed by atoms with Gasteiger partial charge in [-0.15, -0.1) is 0 Å². The lowest BCUT2D eigenvalue weighted by Crippen LogP contribution is -2.32. The number of carbonyl (C=O) groups is 2. The molecule has 1 unspecified atom stereocenters. The minimum Gasteiger partial charge on any atom is -0.347 e. The van der Waals surface area contributed by atoms with E-state index in [-0.39, 0.29) is 18.0 Å². The highest BCUT2D eigenvalue weighted by Gasteiger charge is 2.40. The number of thioether (sulfide) groups is 1. The van der Waals surface area contributed by atoms with E-state index in [4.69, 9.17) is 11.6 Å². The van der Waals surface area contributed by atoms with Crippen LogP contribution in [-0.2, 0) is 22.6 Å². The Labute approximate surface area is 215 Å². The summed E-state index contributed by atoms with van der Waals surface area (Å²) in [6.07, 6.45) is 0.422. The molecule has 3 aromatic rings. The highest BCUT2D eigenvalue weighted by Crippen LogP contribution is 2.42. The Bertz CT molecular complexity index is 1290. The fraction of sp³-hybridized carbons (Fsp3) is 0.115. The highest BCUT2D eigenvalue weighted by molar-refractivity contribution is 9.10. The van der Waals surface area contributed by atoms with Gasteiger partial charge in [0.25, 0.3) is 5.91 Å². The van der Waals surface area contributed by atoms with E-state index in [2.05, 4.69) is 21.2 Å². The van der Waals surface area contributed by atoms with E-state index in [0.29, 0.717) is 22.2 Å². The van der Waals surface area contributed by atoms with Crippen molar-refractivity contribution < 1.29 is 9.59 Å². The van der Waals surface area contributed by atoms with Gasteiger partial charge in [0, 0.05) is 21.7 Å². The molecule has 170 valence electrons. The Morgan fingerprint density at radius 3 is 2.44 bits per heavy atom. The van der Waals surface area contributed by atoms with Crippen LogP contribution in [0.4, 0.5) is 5.69 Å². The molecule has 2 amide bonds. The average Bonchev–Trinajstić information content (AvgIpc) is 3.15. The van der Waals surface area contributed by atoms with Crippen LogP contribution in [0.1, 0.15) is 11.1 Å². The van der Waals surface area contributed by atoms with Crippen molar-refractivity contribution in [3.05, 3.63) is 110 Å². The molecule has 1 heterocycles. The molecule has 8 heteroatoms. The summed E-state index contributed by atoms with van der Waals surface area (Å²) >= 11 is 10.8. The van der Waals surface area contributed by atoms with Gasteiger partial charge >= 0.3 is 0 Å². The van der Waals surface area contributed by atoms with Gasteiger partial charge < -0.3 is 5.32 Å². The summed E-state index contributed by atoms with van der Waals surface area (Å²) in [6, 6.07) is 26.0. The Kier molecular flexibility index (Phi) is 7.73. The van der Waals surface area contributed by atoms with Crippen LogP contribution in [0.3, 0.4) is 0 Å². The van der Waals surface area contributed by atoms with E-state index in [0.717, 1.165) is 15.6 Å². The average molecular weight is 553 g/mol. The topological polar surface area (TPSA) is 73.2 Å². The zero-order valence-corrected chi connectivity index (χ0v) is 21.0. The van der Waals surface area contributed by atoms with Crippen molar-refractivity contribution >= 4 is 56.8 Å². The molecule has 4 rings (SSSR count). The molecular formula is C26H19BrClN3O2S. The quantitative estimate of drug-likeness (QED) is 0.308. The maximum absolute atomic E-state index is 13.5. The van der Waals surface area contributed by atoms with Gasteiger partial charge in [-0.3, -0.25) is 14.5 Å². The van der Waals surface area contributed by atoms with Crippen molar-refractivity contribution in [3.8, 4) is 6.07 Å². The van der Waals surface area contributed by atoms with Crippen LogP contribution >= 0.6 is 39.3 Å². The molecule has 0 aliphatic carbocycles. The number of amides is 2. The molecule has 1 aliphatic rings. The van der Waals surface area contributed by atoms with Crippen LogP contribution in [0.5, 0.6) is 0 Å². The molecule has 1 N–H and O–H groups in total. The Morgan fingerprint density at radius 1 is 1.06 bits per heavy atom. The molecule has 0 aromatic heterocycles. The molecule has 34 heavy (non-hydrogen) atoms. The van der Waals surface area contributed by atoms with E-state index >= 15 is 0 Å². The highest BCUT2D eigenvalue weighted by atomic mass is 79.9. The van der Waals surface area contributed by atoms with E-state index < -0.39 is 11.2 Å². The predicted molar refractivity (Wildman–Crippen MR) is 139 cm³/mol. The Morgan fingerprint density at radius 2 is 1.76 bits per heavy atom. The van der Waals surface area contributed by atoms with Gasteiger partial charge in [-0.25, -0.2) is 0 Å². The summed E-state index contributed by atoms with van der Waals surface area (Å²) in [5.74, 6) is -0.710. The van der Waals surface area contributed by atoms with Gasteiger partial charge in [0.05, 0.1) is 5.25 Å². The zero-order chi connectivity index (χ0) is 24.1. The SMILES string of the molecule is N#CC(C(=O)NCc1ccccc1)=C1SC(Cc2cccc(Cl)c2)C(=O)N1c1ccc(Br)cc1. The second kappa shape index (κ2) is 10.9. The molecule has 1 aliphatic heterocycles. The lowest BCUT2D eigenvalue weighted by atomic mass is 10.1. The fourth-order valence-electron chi connectivity index (χ4n) is 3.56. The standard InChI is InChI=1S/C26H19BrClN3O2S/c27-19-9-11-21(12-10-19)31-25(33)23(14-18-7-4-8-20(28)13-18)34-26(31)22(15-29)24(32)30-16-17-5-2-1-3-6-17/h1-13,23H,14,16H2,(H,30,32). The molecule has 3 aromatic carbocycles. The van der Waals surface area contributed by atoms with Crippen molar-refractivity contribution in [3.63, 3.8) is 0 Å². The maximum Gasteiger partial charge on any atom is 0.264 e. The molecular weight excluding hydrogens is 534 g/mol. The first-order valence-corrected chi connectivity index (χ1v) is 12.5. The minimum atomic E-state index is -0.521. The van der Waals surface area contributed by atoms with Crippen LogP contribution in [0, 0.1) is 11.3 Å². The van der Waals surface area contributed by atoms with Crippen LogP contribution in [-0.4, -0.2) is 17.1 Å². The number of anilines is 1. The molecule has 0 bridgehead atoms. The minimum absolute atomic E-state index is 0.0919. The van der Waals surface area contributed by atoms with Crippen LogP contribution < -0.4 is 10.2 Å². The lowest BCUT2D eigenvalue weighted by molar-refractivity contribution is -0.117. The number of benzene rings is 3. The van der Waals surface area contributed by atoms with Crippen molar-refractivity contribution in [1.29, 1.82) is 5.26 Å². The first-order chi connectivity index (χ1) is 16.5. The number of nitriles is 1. The van der Waals surface area contributed by atoms with Gasteiger partial charge in [0.1, 0.15) is 16.7 Å². The fourth-order valence-corrected chi connectivity index (χ4v) is 5.34. The molecule has 0 radical (unpaired) electrons. The number of carbonyl (C=O) groups excluding carboxylic acids is 2. The lowest BCUT2D eigenvalue weighted by Gasteiger charge is -2.19. The summed E-state index contributed by atoms with van der Waals surface area (Å²) in [5, 5.41) is 13.1. The van der Waals surface area contributed by atoms with E-state index in [1.165, 1.54) is 16.7 Å². The third-order valence-corrected chi connectivity index (χ3v) is 7.22. The van der Waals surface area contributed by atoms with Gasteiger partial charge in [-0.2, -0.15) is 5.26 Å².